The fourth-order valence-corrected chi connectivity index (χ4v) is 1.83. The Morgan fingerprint density at radius 1 is 0.950 bits per heavy atom. The standard InChI is InChI=1S/C14H14F3N3/c15-14(16,17)11-4-2-1-3-9(11)8-20-10-5-6-12(18)13(19)7-10/h1-7,20H,8,18-19H2. The van der Waals surface area contributed by atoms with Gasteiger partial charge in [-0.05, 0) is 29.8 Å². The summed E-state index contributed by atoms with van der Waals surface area (Å²) in [7, 11) is 0. The van der Waals surface area contributed by atoms with E-state index < -0.39 is 11.7 Å². The van der Waals surface area contributed by atoms with Crippen LogP contribution in [0.3, 0.4) is 0 Å². The molecule has 0 aliphatic heterocycles. The van der Waals surface area contributed by atoms with Crippen LogP contribution < -0.4 is 16.8 Å². The number of nitrogens with two attached hydrogens (primary N) is 2. The molecule has 5 N–H and O–H groups in total. The molecule has 0 spiro atoms. The van der Waals surface area contributed by atoms with Crippen molar-refractivity contribution in [1.29, 1.82) is 0 Å². The van der Waals surface area contributed by atoms with E-state index in [-0.39, 0.29) is 12.1 Å². The Labute approximate surface area is 114 Å². The SMILES string of the molecule is Nc1ccc(NCc2ccccc2C(F)(F)F)cc1N. The van der Waals surface area contributed by atoms with Crippen LogP contribution in [0, 0.1) is 0 Å². The average molecular weight is 281 g/mol. The Hall–Kier alpha value is -2.37. The zero-order valence-corrected chi connectivity index (χ0v) is 10.5. The molecule has 2 rings (SSSR count). The van der Waals surface area contributed by atoms with Crippen molar-refractivity contribution in [2.45, 2.75) is 12.7 Å². The van der Waals surface area contributed by atoms with E-state index in [2.05, 4.69) is 5.32 Å². The van der Waals surface area contributed by atoms with E-state index in [1.54, 1.807) is 24.3 Å². The van der Waals surface area contributed by atoms with Crippen molar-refractivity contribution in [3.63, 3.8) is 0 Å². The van der Waals surface area contributed by atoms with Crippen LogP contribution in [0.5, 0.6) is 0 Å². The minimum Gasteiger partial charge on any atom is -0.397 e. The highest BCUT2D eigenvalue weighted by Gasteiger charge is 2.32. The molecular weight excluding hydrogens is 267 g/mol. The molecule has 0 heterocycles. The molecule has 20 heavy (non-hydrogen) atoms. The highest BCUT2D eigenvalue weighted by atomic mass is 19.4. The maximum atomic E-state index is 12.8. The van der Waals surface area contributed by atoms with Crippen molar-refractivity contribution in [2.75, 3.05) is 16.8 Å². The van der Waals surface area contributed by atoms with Crippen LogP contribution in [0.1, 0.15) is 11.1 Å². The van der Waals surface area contributed by atoms with Gasteiger partial charge in [0.1, 0.15) is 0 Å². The maximum absolute atomic E-state index is 12.8. The molecule has 0 aliphatic carbocycles. The molecule has 2 aromatic rings. The zero-order valence-electron chi connectivity index (χ0n) is 10.5. The Balaban J connectivity index is 2.17. The number of rotatable bonds is 3. The minimum atomic E-state index is -4.36. The lowest BCUT2D eigenvalue weighted by Crippen LogP contribution is -2.11. The number of halogens is 3. The maximum Gasteiger partial charge on any atom is 0.416 e. The predicted octanol–water partition coefficient (Wildman–Crippen LogP) is 3.48. The molecule has 2 aromatic carbocycles. The molecule has 0 fully saturated rings. The quantitative estimate of drug-likeness (QED) is 0.755. The molecule has 0 unspecified atom stereocenters. The number of alkyl halides is 3. The summed E-state index contributed by atoms with van der Waals surface area (Å²) in [5.41, 5.74) is 12.2. The van der Waals surface area contributed by atoms with Gasteiger partial charge in [0.2, 0.25) is 0 Å². The van der Waals surface area contributed by atoms with Gasteiger partial charge in [0, 0.05) is 12.2 Å². The van der Waals surface area contributed by atoms with Crippen LogP contribution in [0.4, 0.5) is 30.2 Å². The highest BCUT2D eigenvalue weighted by molar-refractivity contribution is 5.69. The number of anilines is 3. The van der Waals surface area contributed by atoms with E-state index in [0.29, 0.717) is 17.1 Å². The van der Waals surface area contributed by atoms with Crippen LogP contribution in [-0.2, 0) is 12.7 Å². The lowest BCUT2D eigenvalue weighted by Gasteiger charge is -2.14. The molecule has 3 nitrogen and oxygen atoms in total. The molecule has 6 heteroatoms. The lowest BCUT2D eigenvalue weighted by atomic mass is 10.1. The highest BCUT2D eigenvalue weighted by Crippen LogP contribution is 2.32. The van der Waals surface area contributed by atoms with Crippen LogP contribution in [0.2, 0.25) is 0 Å². The normalized spacial score (nSPS) is 11.3. The van der Waals surface area contributed by atoms with Gasteiger partial charge in [0.15, 0.2) is 0 Å². The molecule has 0 radical (unpaired) electrons. The number of nitrogen functional groups attached to an aromatic ring is 2. The molecule has 0 bridgehead atoms. The molecule has 0 atom stereocenters. The van der Waals surface area contributed by atoms with Crippen LogP contribution in [0.25, 0.3) is 0 Å². The van der Waals surface area contributed by atoms with Crippen molar-refractivity contribution in [2.24, 2.45) is 0 Å². The molecule has 0 saturated carbocycles. The third kappa shape index (κ3) is 3.14. The fraction of sp³-hybridized carbons (Fsp3) is 0.143. The summed E-state index contributed by atoms with van der Waals surface area (Å²) in [4.78, 5) is 0. The average Bonchev–Trinajstić information content (AvgIpc) is 2.39. The summed E-state index contributed by atoms with van der Waals surface area (Å²) >= 11 is 0. The van der Waals surface area contributed by atoms with Crippen LogP contribution in [-0.4, -0.2) is 0 Å². The first-order valence-corrected chi connectivity index (χ1v) is 5.92. The Kier molecular flexibility index (Phi) is 3.74. The van der Waals surface area contributed by atoms with Gasteiger partial charge >= 0.3 is 6.18 Å². The molecule has 0 amide bonds. The predicted molar refractivity (Wildman–Crippen MR) is 74.0 cm³/mol. The summed E-state index contributed by atoms with van der Waals surface area (Å²) < 4.78 is 38.5. The molecular formula is C14H14F3N3. The molecule has 0 aliphatic rings. The summed E-state index contributed by atoms with van der Waals surface area (Å²) in [6.45, 7) is 0.0546. The number of benzene rings is 2. The third-order valence-electron chi connectivity index (χ3n) is 2.89. The monoisotopic (exact) mass is 281 g/mol. The Morgan fingerprint density at radius 2 is 1.65 bits per heavy atom. The van der Waals surface area contributed by atoms with E-state index in [1.165, 1.54) is 12.1 Å². The van der Waals surface area contributed by atoms with Gasteiger partial charge in [0.05, 0.1) is 16.9 Å². The van der Waals surface area contributed by atoms with Gasteiger partial charge in [-0.25, -0.2) is 0 Å². The Bertz CT molecular complexity index is 609. The zero-order chi connectivity index (χ0) is 14.8. The summed E-state index contributed by atoms with van der Waals surface area (Å²) in [5, 5.41) is 2.91. The minimum absolute atomic E-state index is 0.0546. The first-order valence-electron chi connectivity index (χ1n) is 5.92. The number of nitrogens with one attached hydrogen (secondary N) is 1. The topological polar surface area (TPSA) is 64.1 Å². The van der Waals surface area contributed by atoms with Gasteiger partial charge < -0.3 is 16.8 Å². The van der Waals surface area contributed by atoms with Gasteiger partial charge in [0.25, 0.3) is 0 Å². The van der Waals surface area contributed by atoms with Crippen molar-refractivity contribution >= 4 is 17.1 Å². The first-order chi connectivity index (χ1) is 9.38. The molecule has 0 saturated heterocycles. The summed E-state index contributed by atoms with van der Waals surface area (Å²) in [5.74, 6) is 0. The number of hydrogen-bond acceptors (Lipinski definition) is 3. The van der Waals surface area contributed by atoms with Crippen LogP contribution in [0.15, 0.2) is 42.5 Å². The third-order valence-corrected chi connectivity index (χ3v) is 2.89. The van der Waals surface area contributed by atoms with E-state index in [4.69, 9.17) is 11.5 Å². The van der Waals surface area contributed by atoms with Crippen molar-refractivity contribution in [3.8, 4) is 0 Å². The van der Waals surface area contributed by atoms with E-state index >= 15 is 0 Å². The van der Waals surface area contributed by atoms with Gasteiger partial charge in [-0.1, -0.05) is 18.2 Å². The van der Waals surface area contributed by atoms with Gasteiger partial charge in [-0.2, -0.15) is 13.2 Å². The second kappa shape index (κ2) is 5.32. The van der Waals surface area contributed by atoms with Gasteiger partial charge in [-0.15, -0.1) is 0 Å². The largest absolute Gasteiger partial charge is 0.416 e. The fourth-order valence-electron chi connectivity index (χ4n) is 1.83. The van der Waals surface area contributed by atoms with Crippen LogP contribution >= 0.6 is 0 Å². The second-order valence-electron chi connectivity index (χ2n) is 4.35. The van der Waals surface area contributed by atoms with Crippen molar-refractivity contribution in [1.82, 2.24) is 0 Å². The smallest absolute Gasteiger partial charge is 0.397 e. The molecule has 106 valence electrons. The summed E-state index contributed by atoms with van der Waals surface area (Å²) in [6, 6.07) is 10.3. The van der Waals surface area contributed by atoms with Crippen molar-refractivity contribution < 1.29 is 13.2 Å². The van der Waals surface area contributed by atoms with E-state index in [9.17, 15) is 13.2 Å². The molecule has 0 aromatic heterocycles. The Morgan fingerprint density at radius 3 is 2.30 bits per heavy atom. The first kappa shape index (κ1) is 14.0. The second-order valence-corrected chi connectivity index (χ2v) is 4.35. The van der Waals surface area contributed by atoms with Crippen molar-refractivity contribution in [3.05, 3.63) is 53.6 Å². The van der Waals surface area contributed by atoms with E-state index in [1.807, 2.05) is 0 Å². The van der Waals surface area contributed by atoms with Gasteiger partial charge in [-0.3, -0.25) is 0 Å². The number of hydrogen-bond donors (Lipinski definition) is 3. The lowest BCUT2D eigenvalue weighted by molar-refractivity contribution is -0.138. The van der Waals surface area contributed by atoms with E-state index in [0.717, 1.165) is 6.07 Å². The summed E-state index contributed by atoms with van der Waals surface area (Å²) in [6.07, 6.45) is -4.36.